The molecule has 0 spiro atoms. The summed E-state index contributed by atoms with van der Waals surface area (Å²) in [6.07, 6.45) is 9.21. The van der Waals surface area contributed by atoms with Gasteiger partial charge < -0.3 is 5.32 Å². The molecule has 30 heavy (non-hydrogen) atoms. The monoisotopic (exact) mass is 416 g/mol. The zero-order valence-electron chi connectivity index (χ0n) is 19.2. The van der Waals surface area contributed by atoms with E-state index in [9.17, 15) is 14.4 Å². The predicted molar refractivity (Wildman–Crippen MR) is 116 cm³/mol. The van der Waals surface area contributed by atoms with Crippen molar-refractivity contribution in [1.29, 1.82) is 0 Å². The van der Waals surface area contributed by atoms with Gasteiger partial charge in [-0.05, 0) is 81.0 Å². The lowest BCUT2D eigenvalue weighted by Crippen LogP contribution is -2.47. The predicted octanol–water partition coefficient (Wildman–Crippen LogP) is 4.01. The van der Waals surface area contributed by atoms with Crippen LogP contribution in [0.25, 0.3) is 0 Å². The van der Waals surface area contributed by atoms with Gasteiger partial charge in [-0.2, -0.15) is 0 Å². The van der Waals surface area contributed by atoms with Gasteiger partial charge >= 0.3 is 0 Å². The molecular weight excluding hydrogens is 376 g/mol. The van der Waals surface area contributed by atoms with Crippen molar-refractivity contribution in [3.8, 4) is 0 Å². The van der Waals surface area contributed by atoms with Crippen LogP contribution < -0.4 is 5.32 Å². The molecule has 3 aliphatic carbocycles. The van der Waals surface area contributed by atoms with Gasteiger partial charge in [0.2, 0.25) is 17.7 Å². The highest BCUT2D eigenvalue weighted by Crippen LogP contribution is 2.47. The molecule has 0 radical (unpaired) electrons. The van der Waals surface area contributed by atoms with Gasteiger partial charge in [0, 0.05) is 19.0 Å². The molecule has 9 unspecified atom stereocenters. The molecule has 0 aromatic rings. The molecular formula is C25H40N2O3. The molecule has 1 aliphatic heterocycles. The molecule has 5 heteroatoms. The minimum atomic E-state index is -0.279. The van der Waals surface area contributed by atoms with Crippen molar-refractivity contribution in [2.45, 2.75) is 84.6 Å². The molecule has 3 saturated carbocycles. The summed E-state index contributed by atoms with van der Waals surface area (Å²) >= 11 is 0. The minimum Gasteiger partial charge on any atom is -0.359 e. The van der Waals surface area contributed by atoms with Crippen molar-refractivity contribution in [3.05, 3.63) is 0 Å². The molecule has 9 atom stereocenters. The number of imide groups is 1. The Bertz CT molecular complexity index is 692. The first kappa shape index (κ1) is 21.8. The van der Waals surface area contributed by atoms with E-state index in [2.05, 4.69) is 26.1 Å². The molecule has 4 rings (SSSR count). The molecule has 4 fully saturated rings. The van der Waals surface area contributed by atoms with Gasteiger partial charge in [-0.25, -0.2) is 0 Å². The fraction of sp³-hybridized carbons (Fsp3) is 0.880. The minimum absolute atomic E-state index is 0.00835. The normalized spacial score (nSPS) is 44.7. The number of nitrogens with zero attached hydrogens (tertiary/aromatic N) is 1. The number of hydrogen-bond acceptors (Lipinski definition) is 3. The number of fused-ring (bicyclic) bond motifs is 1. The average Bonchev–Trinajstić information content (AvgIpc) is 2.99. The summed E-state index contributed by atoms with van der Waals surface area (Å²) in [5, 5.41) is 2.72. The quantitative estimate of drug-likeness (QED) is 0.707. The van der Waals surface area contributed by atoms with Crippen molar-refractivity contribution in [3.63, 3.8) is 0 Å². The van der Waals surface area contributed by atoms with E-state index in [-0.39, 0.29) is 41.5 Å². The van der Waals surface area contributed by atoms with Crippen molar-refractivity contribution in [2.24, 2.45) is 47.3 Å². The molecule has 0 aromatic carbocycles. The fourth-order valence-electron chi connectivity index (χ4n) is 7.23. The smallest absolute Gasteiger partial charge is 0.233 e. The molecule has 1 saturated heterocycles. The van der Waals surface area contributed by atoms with E-state index in [0.29, 0.717) is 25.2 Å². The number of carbonyl (C=O) groups excluding carboxylic acids is 3. The highest BCUT2D eigenvalue weighted by molar-refractivity contribution is 6.05. The summed E-state index contributed by atoms with van der Waals surface area (Å²) in [7, 11) is 1.65. The molecule has 1 N–H and O–H groups in total. The maximum Gasteiger partial charge on any atom is 0.233 e. The zero-order chi connectivity index (χ0) is 21.6. The van der Waals surface area contributed by atoms with Crippen molar-refractivity contribution < 1.29 is 14.4 Å². The first-order valence-electron chi connectivity index (χ1n) is 12.4. The van der Waals surface area contributed by atoms with E-state index in [0.717, 1.165) is 42.9 Å². The molecule has 0 bridgehead atoms. The van der Waals surface area contributed by atoms with Crippen LogP contribution >= 0.6 is 0 Å². The molecule has 4 aliphatic rings. The Morgan fingerprint density at radius 2 is 1.40 bits per heavy atom. The molecule has 168 valence electrons. The topological polar surface area (TPSA) is 66.5 Å². The fourth-order valence-corrected chi connectivity index (χ4v) is 7.23. The Balaban J connectivity index is 1.41. The second-order valence-corrected chi connectivity index (χ2v) is 11.0. The Morgan fingerprint density at radius 1 is 0.767 bits per heavy atom. The van der Waals surface area contributed by atoms with Crippen LogP contribution in [0.15, 0.2) is 0 Å². The van der Waals surface area contributed by atoms with Gasteiger partial charge in [-0.3, -0.25) is 19.3 Å². The number of amides is 3. The van der Waals surface area contributed by atoms with Crippen LogP contribution in [0.5, 0.6) is 0 Å². The van der Waals surface area contributed by atoms with Crippen LogP contribution in [0, 0.1) is 47.3 Å². The number of rotatable bonds is 3. The van der Waals surface area contributed by atoms with E-state index < -0.39 is 0 Å². The summed E-state index contributed by atoms with van der Waals surface area (Å²) < 4.78 is 0. The lowest BCUT2D eigenvalue weighted by molar-refractivity contribution is -0.145. The van der Waals surface area contributed by atoms with Crippen LogP contribution in [-0.4, -0.2) is 35.7 Å². The van der Waals surface area contributed by atoms with Gasteiger partial charge in [-0.15, -0.1) is 0 Å². The standard InChI is InChI=1S/C25H40N2O3/c1-14-5-6-17(11-15(14)2)18-8-10-22(16(3)12-18)27-24(29)20-9-7-19(23(28)26-4)13-21(20)25(27)30/h14-22H,5-13H2,1-4H3,(H,26,28). The van der Waals surface area contributed by atoms with Gasteiger partial charge in [0.1, 0.15) is 0 Å². The van der Waals surface area contributed by atoms with Crippen LogP contribution in [0.4, 0.5) is 0 Å². The Morgan fingerprint density at radius 3 is 2.03 bits per heavy atom. The highest BCUT2D eigenvalue weighted by atomic mass is 16.2. The first-order chi connectivity index (χ1) is 14.3. The second-order valence-electron chi connectivity index (χ2n) is 11.0. The lowest BCUT2D eigenvalue weighted by Gasteiger charge is -2.44. The summed E-state index contributed by atoms with van der Waals surface area (Å²) in [4.78, 5) is 40.2. The summed E-state index contributed by atoms with van der Waals surface area (Å²) in [6, 6.07) is 0.0604. The summed E-state index contributed by atoms with van der Waals surface area (Å²) in [5.74, 6) is 3.08. The van der Waals surface area contributed by atoms with Gasteiger partial charge in [0.05, 0.1) is 11.8 Å². The Hall–Kier alpha value is -1.39. The van der Waals surface area contributed by atoms with Crippen molar-refractivity contribution >= 4 is 17.7 Å². The Labute approximate surface area is 181 Å². The number of hydrogen-bond donors (Lipinski definition) is 1. The van der Waals surface area contributed by atoms with Crippen molar-refractivity contribution in [2.75, 3.05) is 7.05 Å². The lowest BCUT2D eigenvalue weighted by atomic mass is 9.65. The highest BCUT2D eigenvalue weighted by Gasteiger charge is 2.54. The van der Waals surface area contributed by atoms with Gasteiger partial charge in [0.15, 0.2) is 0 Å². The largest absolute Gasteiger partial charge is 0.359 e. The van der Waals surface area contributed by atoms with E-state index in [1.807, 2.05) is 0 Å². The van der Waals surface area contributed by atoms with Crippen molar-refractivity contribution in [1.82, 2.24) is 10.2 Å². The molecule has 1 heterocycles. The number of carbonyl (C=O) groups is 3. The maximum atomic E-state index is 13.3. The summed E-state index contributed by atoms with van der Waals surface area (Å²) in [6.45, 7) is 7.04. The van der Waals surface area contributed by atoms with Crippen LogP contribution in [0.2, 0.25) is 0 Å². The third-order valence-corrected chi connectivity index (χ3v) is 9.38. The first-order valence-corrected chi connectivity index (χ1v) is 12.4. The van der Waals surface area contributed by atoms with Crippen LogP contribution in [0.3, 0.4) is 0 Å². The second kappa shape index (κ2) is 8.63. The van der Waals surface area contributed by atoms with Crippen LogP contribution in [-0.2, 0) is 14.4 Å². The molecule has 3 amide bonds. The van der Waals surface area contributed by atoms with Crippen LogP contribution in [0.1, 0.15) is 78.6 Å². The Kier molecular flexibility index (Phi) is 6.28. The summed E-state index contributed by atoms with van der Waals surface area (Å²) in [5.41, 5.74) is 0. The third-order valence-electron chi connectivity index (χ3n) is 9.38. The zero-order valence-corrected chi connectivity index (χ0v) is 19.2. The maximum absolute atomic E-state index is 13.3. The molecule has 5 nitrogen and oxygen atoms in total. The number of likely N-dealkylation sites (tertiary alicyclic amines) is 1. The van der Waals surface area contributed by atoms with E-state index in [1.54, 1.807) is 11.9 Å². The SMILES string of the molecule is CNC(=O)C1CCC2C(=O)N(C3CCC(C4CCC(C)C(C)C4)CC3C)C(=O)C2C1. The van der Waals surface area contributed by atoms with Gasteiger partial charge in [0.25, 0.3) is 0 Å². The van der Waals surface area contributed by atoms with E-state index in [1.165, 1.54) is 19.3 Å². The number of nitrogens with one attached hydrogen (secondary N) is 1. The average molecular weight is 417 g/mol. The molecule has 0 aromatic heterocycles. The van der Waals surface area contributed by atoms with E-state index in [4.69, 9.17) is 0 Å². The third kappa shape index (κ3) is 3.82. The van der Waals surface area contributed by atoms with Gasteiger partial charge in [-0.1, -0.05) is 27.2 Å². The van der Waals surface area contributed by atoms with E-state index >= 15 is 0 Å².